The zero-order valence-electron chi connectivity index (χ0n) is 17.2. The van der Waals surface area contributed by atoms with E-state index < -0.39 is 15.0 Å². The first kappa shape index (κ1) is 19.9. The van der Waals surface area contributed by atoms with E-state index in [9.17, 15) is 0 Å². The molecule has 0 amide bonds. The van der Waals surface area contributed by atoms with Crippen molar-refractivity contribution in [2.75, 3.05) is 0 Å². The molecule has 0 bridgehead atoms. The Labute approximate surface area is 166 Å². The molecule has 140 valence electrons. The normalized spacial score (nSPS) is 12.6. The maximum Gasteiger partial charge on any atom is 0.0783 e. The summed E-state index contributed by atoms with van der Waals surface area (Å²) >= 11 is 0. The Bertz CT molecular complexity index is 817. The van der Waals surface area contributed by atoms with Gasteiger partial charge in [-0.25, -0.2) is 0 Å². The highest BCUT2D eigenvalue weighted by Gasteiger charge is 2.37. The van der Waals surface area contributed by atoms with Crippen LogP contribution < -0.4 is 15.9 Å². The predicted molar refractivity (Wildman–Crippen MR) is 128 cm³/mol. The molecule has 0 radical (unpaired) electrons. The molecule has 0 spiro atoms. The van der Waals surface area contributed by atoms with Gasteiger partial charge in [0.25, 0.3) is 0 Å². The SMILES string of the molecule is CC(C)(C)[Si](C)(C)C=P(c1ccccc1)(c1ccccc1)c1ccccc1. The second-order valence-corrected chi connectivity index (χ2v) is 17.8. The van der Waals surface area contributed by atoms with Crippen LogP contribution in [-0.2, 0) is 0 Å². The molecule has 3 aromatic rings. The van der Waals surface area contributed by atoms with E-state index in [1.165, 1.54) is 15.9 Å². The Morgan fingerprint density at radius 2 is 0.889 bits per heavy atom. The van der Waals surface area contributed by atoms with Crippen molar-refractivity contribution in [3.8, 4) is 0 Å². The summed E-state index contributed by atoms with van der Waals surface area (Å²) in [4.78, 5) is 0. The molecule has 0 fully saturated rings. The summed E-state index contributed by atoms with van der Waals surface area (Å²) in [6.07, 6.45) is 0. The van der Waals surface area contributed by atoms with Crippen molar-refractivity contribution in [1.82, 2.24) is 0 Å². The van der Waals surface area contributed by atoms with Gasteiger partial charge in [0.2, 0.25) is 0 Å². The van der Waals surface area contributed by atoms with Crippen molar-refractivity contribution >= 4 is 36.3 Å². The van der Waals surface area contributed by atoms with Crippen LogP contribution in [0.4, 0.5) is 0 Å². The summed E-state index contributed by atoms with van der Waals surface area (Å²) in [5, 5.41) is 4.66. The van der Waals surface area contributed by atoms with Gasteiger partial charge in [-0.3, -0.25) is 0 Å². The number of hydrogen-bond donors (Lipinski definition) is 0. The maximum absolute atomic E-state index is 2.82. The van der Waals surface area contributed by atoms with Gasteiger partial charge < -0.3 is 0 Å². The summed E-state index contributed by atoms with van der Waals surface area (Å²) in [5.41, 5.74) is 2.82. The third-order valence-electron chi connectivity index (χ3n) is 5.94. The molecule has 0 heterocycles. The van der Waals surface area contributed by atoms with Gasteiger partial charge >= 0.3 is 0 Å². The standard InChI is InChI=1S/C25H31PSi/c1-25(2,3)27(4,5)21-26(22-15-9-6-10-16-22,23-17-11-7-12-18-23)24-19-13-8-14-20-24/h6-21H,1-5H3. The first-order chi connectivity index (χ1) is 12.8. The Kier molecular flexibility index (Phi) is 5.65. The minimum atomic E-state index is -1.83. The summed E-state index contributed by atoms with van der Waals surface area (Å²) in [7, 11) is -1.66. The molecule has 0 nitrogen and oxygen atoms in total. The Balaban J connectivity index is 2.48. The molecule has 27 heavy (non-hydrogen) atoms. The van der Waals surface area contributed by atoms with Crippen LogP contribution in [0.25, 0.3) is 0 Å². The lowest BCUT2D eigenvalue weighted by atomic mass is 10.2. The quantitative estimate of drug-likeness (QED) is 0.388. The Morgan fingerprint density at radius 1 is 0.593 bits per heavy atom. The molecule has 0 unspecified atom stereocenters. The Hall–Kier alpha value is -1.82. The van der Waals surface area contributed by atoms with Crippen LogP contribution in [0.5, 0.6) is 0 Å². The Morgan fingerprint density at radius 3 is 1.15 bits per heavy atom. The van der Waals surface area contributed by atoms with Gasteiger partial charge in [0.05, 0.1) is 8.07 Å². The number of rotatable bonds is 4. The van der Waals surface area contributed by atoms with Crippen LogP contribution >= 0.6 is 6.89 Å². The summed E-state index contributed by atoms with van der Waals surface area (Å²) in [6, 6.07) is 33.5. The first-order valence-electron chi connectivity index (χ1n) is 9.70. The van der Waals surface area contributed by atoms with Crippen molar-refractivity contribution in [1.29, 1.82) is 0 Å². The van der Waals surface area contributed by atoms with Gasteiger partial charge in [0.15, 0.2) is 0 Å². The summed E-state index contributed by atoms with van der Waals surface area (Å²) < 4.78 is 0. The highest BCUT2D eigenvalue weighted by Crippen LogP contribution is 2.48. The van der Waals surface area contributed by atoms with E-state index in [1.807, 2.05) is 0 Å². The molecule has 0 atom stereocenters. The lowest BCUT2D eigenvalue weighted by Crippen LogP contribution is -2.43. The molecule has 2 heteroatoms. The van der Waals surface area contributed by atoms with E-state index in [0.29, 0.717) is 5.04 Å². The molecule has 0 saturated carbocycles. The lowest BCUT2D eigenvalue weighted by molar-refractivity contribution is 0.734. The van der Waals surface area contributed by atoms with E-state index in [-0.39, 0.29) is 0 Å². The van der Waals surface area contributed by atoms with Crippen LogP contribution in [0.15, 0.2) is 91.0 Å². The molecule has 0 aromatic heterocycles. The fourth-order valence-corrected chi connectivity index (χ4v) is 13.4. The smallest absolute Gasteiger partial charge is 0.0783 e. The molecule has 0 aliphatic rings. The zero-order chi connectivity index (χ0) is 19.5. The highest BCUT2D eigenvalue weighted by molar-refractivity contribution is 7.97. The van der Waals surface area contributed by atoms with Crippen molar-refractivity contribution in [2.24, 2.45) is 0 Å². The van der Waals surface area contributed by atoms with Gasteiger partial charge in [-0.2, -0.15) is 0 Å². The van der Waals surface area contributed by atoms with Crippen LogP contribution in [-0.4, -0.2) is 13.5 Å². The van der Waals surface area contributed by atoms with Gasteiger partial charge in [-0.1, -0.05) is 130 Å². The first-order valence-corrected chi connectivity index (χ1v) is 14.6. The second-order valence-electron chi connectivity index (χ2n) is 8.83. The van der Waals surface area contributed by atoms with E-state index in [1.54, 1.807) is 0 Å². The minimum absolute atomic E-state index is 0.302. The monoisotopic (exact) mass is 390 g/mol. The lowest BCUT2D eigenvalue weighted by Gasteiger charge is -2.39. The molecular weight excluding hydrogens is 359 g/mol. The minimum Gasteiger partial charge on any atom is -0.0841 e. The molecule has 0 aliphatic heterocycles. The fraction of sp³-hybridized carbons (Fsp3) is 0.240. The van der Waals surface area contributed by atoms with E-state index >= 15 is 0 Å². The maximum atomic E-state index is 2.82. The third-order valence-corrected chi connectivity index (χ3v) is 17.3. The average Bonchev–Trinajstić information content (AvgIpc) is 2.67. The van der Waals surface area contributed by atoms with E-state index in [0.717, 1.165) is 0 Å². The molecule has 3 aromatic carbocycles. The molecule has 0 N–H and O–H groups in total. The van der Waals surface area contributed by atoms with Gasteiger partial charge in [0, 0.05) is 0 Å². The van der Waals surface area contributed by atoms with Gasteiger partial charge in [0.1, 0.15) is 0 Å². The van der Waals surface area contributed by atoms with E-state index in [4.69, 9.17) is 0 Å². The number of hydrogen-bond acceptors (Lipinski definition) is 0. The van der Waals surface area contributed by atoms with Crippen LogP contribution in [0, 0.1) is 0 Å². The van der Waals surface area contributed by atoms with Gasteiger partial charge in [-0.05, 0) is 27.8 Å². The largest absolute Gasteiger partial charge is 0.0841 e. The molecular formula is C25H31PSi. The average molecular weight is 391 g/mol. The predicted octanol–water partition coefficient (Wildman–Crippen LogP) is 5.83. The van der Waals surface area contributed by atoms with Crippen molar-refractivity contribution in [2.45, 2.75) is 38.9 Å². The molecule has 3 rings (SSSR count). The summed E-state index contributed by atoms with van der Waals surface area (Å²) in [5.74, 6) is 0. The number of benzene rings is 3. The van der Waals surface area contributed by atoms with Crippen molar-refractivity contribution in [3.05, 3.63) is 91.0 Å². The fourth-order valence-electron chi connectivity index (χ4n) is 3.34. The second kappa shape index (κ2) is 7.66. The van der Waals surface area contributed by atoms with Crippen molar-refractivity contribution < 1.29 is 0 Å². The zero-order valence-corrected chi connectivity index (χ0v) is 19.1. The van der Waals surface area contributed by atoms with Crippen LogP contribution in [0.3, 0.4) is 0 Å². The molecule has 0 saturated heterocycles. The van der Waals surface area contributed by atoms with Gasteiger partial charge in [-0.15, -0.1) is 0 Å². The topological polar surface area (TPSA) is 0 Å². The van der Waals surface area contributed by atoms with Crippen LogP contribution in [0.2, 0.25) is 18.1 Å². The molecule has 0 aliphatic carbocycles. The third kappa shape index (κ3) is 3.91. The summed E-state index contributed by atoms with van der Waals surface area (Å²) in [6.45, 7) is 10.4. The van der Waals surface area contributed by atoms with Crippen molar-refractivity contribution in [3.63, 3.8) is 0 Å². The van der Waals surface area contributed by atoms with E-state index in [2.05, 4.69) is 130 Å². The van der Waals surface area contributed by atoms with Crippen LogP contribution in [0.1, 0.15) is 20.8 Å². The highest BCUT2D eigenvalue weighted by atomic mass is 31.2.